The van der Waals surface area contributed by atoms with E-state index in [1.807, 2.05) is 0 Å². The van der Waals surface area contributed by atoms with Gasteiger partial charge >= 0.3 is 6.18 Å². The van der Waals surface area contributed by atoms with Gasteiger partial charge in [0.15, 0.2) is 24.0 Å². The molecule has 3 heterocycles. The summed E-state index contributed by atoms with van der Waals surface area (Å²) in [6.45, 7) is 0.154. The van der Waals surface area contributed by atoms with Gasteiger partial charge in [-0.1, -0.05) is 17.3 Å². The van der Waals surface area contributed by atoms with Crippen molar-refractivity contribution in [3.8, 4) is 22.8 Å². The molecule has 0 spiro atoms. The summed E-state index contributed by atoms with van der Waals surface area (Å²) >= 11 is 0. The SMILES string of the molecule is Fc1cccc(-c2nc3cc[n+](Cc4noc(-c5cccc(C(F)(F)F)c5)n4)cc3[nH]2)c1F. The monoisotopic (exact) mass is 458 g/mol. The van der Waals surface area contributed by atoms with Crippen LogP contribution in [-0.4, -0.2) is 20.1 Å². The summed E-state index contributed by atoms with van der Waals surface area (Å²) in [7, 11) is 0. The van der Waals surface area contributed by atoms with E-state index in [-0.39, 0.29) is 35.2 Å². The molecule has 6 nitrogen and oxygen atoms in total. The predicted molar refractivity (Wildman–Crippen MR) is 105 cm³/mol. The van der Waals surface area contributed by atoms with Crippen LogP contribution < -0.4 is 4.57 Å². The third kappa shape index (κ3) is 4.04. The van der Waals surface area contributed by atoms with Crippen LogP contribution in [0.25, 0.3) is 33.9 Å². The molecule has 0 aliphatic carbocycles. The number of alkyl halides is 3. The van der Waals surface area contributed by atoms with Crippen LogP contribution in [0, 0.1) is 11.6 Å². The van der Waals surface area contributed by atoms with Crippen molar-refractivity contribution in [3.63, 3.8) is 0 Å². The zero-order chi connectivity index (χ0) is 23.2. The van der Waals surface area contributed by atoms with Gasteiger partial charge in [0.2, 0.25) is 12.4 Å². The standard InChI is InChI=1S/C22H12F5N5O/c23-15-6-2-5-14(19(15)24)20-28-16-7-8-32(10-17(16)29-20)11-18-30-21(33-31-18)12-3-1-4-13(9-12)22(25,26)27/h1-10H,11H2/p+1. The van der Waals surface area contributed by atoms with Gasteiger partial charge in [-0.05, 0) is 30.3 Å². The Labute approximate surface area is 182 Å². The molecule has 0 aliphatic heterocycles. The first-order valence-electron chi connectivity index (χ1n) is 9.61. The average molecular weight is 458 g/mol. The van der Waals surface area contributed by atoms with Gasteiger partial charge < -0.3 is 9.51 Å². The minimum absolute atomic E-state index is 0.00152. The Hall–Kier alpha value is -4.15. The van der Waals surface area contributed by atoms with Gasteiger partial charge in [-0.15, -0.1) is 0 Å². The minimum Gasteiger partial charge on any atom is -0.334 e. The fourth-order valence-electron chi connectivity index (χ4n) is 3.34. The quantitative estimate of drug-likeness (QED) is 0.307. The van der Waals surface area contributed by atoms with Crippen LogP contribution >= 0.6 is 0 Å². The van der Waals surface area contributed by atoms with E-state index >= 15 is 0 Å². The van der Waals surface area contributed by atoms with Gasteiger partial charge in [-0.3, -0.25) is 0 Å². The lowest BCUT2D eigenvalue weighted by molar-refractivity contribution is -0.688. The highest BCUT2D eigenvalue weighted by Gasteiger charge is 2.31. The second-order valence-electron chi connectivity index (χ2n) is 7.20. The zero-order valence-corrected chi connectivity index (χ0v) is 16.6. The molecule has 0 saturated heterocycles. The van der Waals surface area contributed by atoms with E-state index < -0.39 is 23.4 Å². The number of nitrogens with zero attached hydrogens (tertiary/aromatic N) is 4. The largest absolute Gasteiger partial charge is 0.416 e. The maximum atomic E-state index is 14.1. The highest BCUT2D eigenvalue weighted by Crippen LogP contribution is 2.31. The number of aromatic nitrogens is 5. The van der Waals surface area contributed by atoms with E-state index in [1.165, 1.54) is 24.3 Å². The van der Waals surface area contributed by atoms with E-state index in [9.17, 15) is 22.0 Å². The number of benzene rings is 2. The number of imidazole rings is 1. The number of hydrogen-bond acceptors (Lipinski definition) is 4. The van der Waals surface area contributed by atoms with Crippen LogP contribution in [0.3, 0.4) is 0 Å². The van der Waals surface area contributed by atoms with E-state index in [0.717, 1.165) is 18.2 Å². The van der Waals surface area contributed by atoms with Crippen molar-refractivity contribution in [2.75, 3.05) is 0 Å². The third-order valence-electron chi connectivity index (χ3n) is 4.92. The van der Waals surface area contributed by atoms with Crippen LogP contribution in [0.15, 0.2) is 65.4 Å². The number of halogens is 5. The average Bonchev–Trinajstić information content (AvgIpc) is 3.42. The lowest BCUT2D eigenvalue weighted by Gasteiger charge is -2.06. The van der Waals surface area contributed by atoms with E-state index in [4.69, 9.17) is 4.52 Å². The predicted octanol–water partition coefficient (Wildman–Crippen LogP) is 4.91. The van der Waals surface area contributed by atoms with Crippen LogP contribution in [-0.2, 0) is 12.7 Å². The van der Waals surface area contributed by atoms with Crippen LogP contribution in [0.4, 0.5) is 22.0 Å². The van der Waals surface area contributed by atoms with Gasteiger partial charge in [0, 0.05) is 11.6 Å². The summed E-state index contributed by atoms with van der Waals surface area (Å²) in [5.74, 6) is -1.60. The molecular weight excluding hydrogens is 445 g/mol. The van der Waals surface area contributed by atoms with Crippen molar-refractivity contribution in [2.45, 2.75) is 12.7 Å². The van der Waals surface area contributed by atoms with Crippen LogP contribution in [0.1, 0.15) is 11.4 Å². The molecule has 0 atom stereocenters. The summed E-state index contributed by atoms with van der Waals surface area (Å²) in [5, 5.41) is 3.83. The molecule has 3 aromatic heterocycles. The number of nitrogens with one attached hydrogen (secondary N) is 1. The van der Waals surface area contributed by atoms with Crippen LogP contribution in [0.2, 0.25) is 0 Å². The normalized spacial score (nSPS) is 11.9. The molecule has 5 rings (SSSR count). The van der Waals surface area contributed by atoms with Crippen molar-refractivity contribution in [2.24, 2.45) is 0 Å². The molecule has 0 unspecified atom stereocenters. The molecule has 5 aromatic rings. The Morgan fingerprint density at radius 2 is 1.82 bits per heavy atom. The lowest BCUT2D eigenvalue weighted by Crippen LogP contribution is -2.33. The summed E-state index contributed by atoms with van der Waals surface area (Å²) in [6.07, 6.45) is -1.14. The van der Waals surface area contributed by atoms with Crippen molar-refractivity contribution in [3.05, 3.63) is 83.9 Å². The topological polar surface area (TPSA) is 71.5 Å². The molecule has 166 valence electrons. The Balaban J connectivity index is 1.40. The Morgan fingerprint density at radius 1 is 1.00 bits per heavy atom. The fourth-order valence-corrected chi connectivity index (χ4v) is 3.34. The highest BCUT2D eigenvalue weighted by molar-refractivity contribution is 5.77. The molecule has 0 aliphatic rings. The number of hydrogen-bond donors (Lipinski definition) is 1. The van der Waals surface area contributed by atoms with Gasteiger partial charge in [-0.2, -0.15) is 22.7 Å². The Morgan fingerprint density at radius 3 is 2.64 bits per heavy atom. The van der Waals surface area contributed by atoms with E-state index in [2.05, 4.69) is 20.1 Å². The molecule has 0 fully saturated rings. The first-order chi connectivity index (χ1) is 15.8. The Kier molecular flexibility index (Phi) is 4.88. The Bertz CT molecular complexity index is 1470. The number of rotatable bonds is 4. The highest BCUT2D eigenvalue weighted by atomic mass is 19.4. The van der Waals surface area contributed by atoms with Crippen molar-refractivity contribution in [1.82, 2.24) is 20.1 Å². The van der Waals surface area contributed by atoms with Crippen molar-refractivity contribution in [1.29, 1.82) is 0 Å². The molecule has 1 N–H and O–H groups in total. The first-order valence-corrected chi connectivity index (χ1v) is 9.61. The molecule has 11 heteroatoms. The van der Waals surface area contributed by atoms with E-state index in [0.29, 0.717) is 11.0 Å². The molecule has 33 heavy (non-hydrogen) atoms. The number of H-pyrrole nitrogens is 1. The third-order valence-corrected chi connectivity index (χ3v) is 4.92. The maximum absolute atomic E-state index is 14.1. The number of pyridine rings is 1. The fraction of sp³-hybridized carbons (Fsp3) is 0.0909. The smallest absolute Gasteiger partial charge is 0.334 e. The molecular formula is C22H13F5N5O+. The summed E-state index contributed by atoms with van der Waals surface area (Å²) < 4.78 is 73.2. The molecule has 0 bridgehead atoms. The summed E-state index contributed by atoms with van der Waals surface area (Å²) in [5.41, 5.74) is 0.422. The first kappa shape index (κ1) is 20.7. The zero-order valence-electron chi connectivity index (χ0n) is 16.6. The van der Waals surface area contributed by atoms with Gasteiger partial charge in [-0.25, -0.2) is 13.8 Å². The molecule has 2 aromatic carbocycles. The molecule has 0 radical (unpaired) electrons. The lowest BCUT2D eigenvalue weighted by atomic mass is 10.1. The number of aromatic amines is 1. The molecule has 0 amide bonds. The summed E-state index contributed by atoms with van der Waals surface area (Å²) in [6, 6.07) is 10.1. The summed E-state index contributed by atoms with van der Waals surface area (Å²) in [4.78, 5) is 11.4. The molecule has 0 saturated carbocycles. The van der Waals surface area contributed by atoms with E-state index in [1.54, 1.807) is 23.0 Å². The van der Waals surface area contributed by atoms with Crippen molar-refractivity contribution < 1.29 is 31.0 Å². The minimum atomic E-state index is -4.48. The number of fused-ring (bicyclic) bond motifs is 1. The van der Waals surface area contributed by atoms with Gasteiger partial charge in [0.25, 0.3) is 5.89 Å². The maximum Gasteiger partial charge on any atom is 0.416 e. The van der Waals surface area contributed by atoms with Crippen LogP contribution in [0.5, 0.6) is 0 Å². The van der Waals surface area contributed by atoms with Crippen molar-refractivity contribution >= 4 is 11.0 Å². The van der Waals surface area contributed by atoms with Gasteiger partial charge in [0.1, 0.15) is 16.9 Å². The second kappa shape index (κ2) is 7.76. The second-order valence-corrected chi connectivity index (χ2v) is 7.20. The van der Waals surface area contributed by atoms with Gasteiger partial charge in [0.05, 0.1) is 11.1 Å².